The van der Waals surface area contributed by atoms with E-state index in [4.69, 9.17) is 33.2 Å². The monoisotopic (exact) mass is 748 g/mol. The fraction of sp³-hybridized carbons (Fsp3) is 0.947. The Kier molecular flexibility index (Phi) is 15.3. The topological polar surface area (TPSA) is 184 Å². The first-order chi connectivity index (χ1) is 24.0. The van der Waals surface area contributed by atoms with Crippen LogP contribution in [0.25, 0.3) is 0 Å². The van der Waals surface area contributed by atoms with Crippen molar-refractivity contribution in [1.29, 1.82) is 0 Å². The minimum Gasteiger partial charge on any atom is -0.459 e. The molecule has 3 fully saturated rings. The quantitative estimate of drug-likeness (QED) is 0.222. The Morgan fingerprint density at radius 2 is 1.44 bits per heavy atom. The van der Waals surface area contributed by atoms with E-state index in [1.807, 2.05) is 27.9 Å². The summed E-state index contributed by atoms with van der Waals surface area (Å²) in [5.41, 5.74) is -4.23. The summed E-state index contributed by atoms with van der Waals surface area (Å²) in [6, 6.07) is -0.200. The summed E-state index contributed by atoms with van der Waals surface area (Å²) in [5, 5.41) is 45.6. The van der Waals surface area contributed by atoms with Crippen LogP contribution in [0.3, 0.4) is 0 Å². The second kappa shape index (κ2) is 17.7. The third kappa shape index (κ3) is 9.38. The summed E-state index contributed by atoms with van der Waals surface area (Å²) in [6.07, 6.45) is -8.58. The van der Waals surface area contributed by atoms with Crippen molar-refractivity contribution in [1.82, 2.24) is 0 Å². The molecule has 0 unspecified atom stereocenters. The van der Waals surface area contributed by atoms with E-state index in [-0.39, 0.29) is 37.2 Å². The highest BCUT2D eigenvalue weighted by Gasteiger charge is 2.54. The molecule has 3 aliphatic heterocycles. The van der Waals surface area contributed by atoms with Gasteiger partial charge in [-0.3, -0.25) is 9.59 Å². The van der Waals surface area contributed by atoms with Crippen molar-refractivity contribution < 1.29 is 68.1 Å². The van der Waals surface area contributed by atoms with Crippen molar-refractivity contribution in [3.05, 3.63) is 0 Å². The Morgan fingerprint density at radius 3 is 1.98 bits per heavy atom. The summed E-state index contributed by atoms with van der Waals surface area (Å²) in [6.45, 7) is 17.1. The minimum atomic E-state index is -1.96. The van der Waals surface area contributed by atoms with Crippen molar-refractivity contribution in [2.45, 2.75) is 179 Å². The van der Waals surface area contributed by atoms with Crippen molar-refractivity contribution in [3.8, 4) is 0 Å². The molecule has 0 spiro atoms. The lowest BCUT2D eigenvalue weighted by Gasteiger charge is -2.49. The number of rotatable bonds is 8. The Bertz CT molecular complexity index is 1190. The van der Waals surface area contributed by atoms with E-state index in [0.29, 0.717) is 6.42 Å². The molecule has 0 bridgehead atoms. The lowest BCUT2D eigenvalue weighted by Crippen LogP contribution is -3.12. The van der Waals surface area contributed by atoms with Gasteiger partial charge in [-0.25, -0.2) is 0 Å². The summed E-state index contributed by atoms with van der Waals surface area (Å²) in [4.78, 5) is 29.2. The predicted molar refractivity (Wildman–Crippen MR) is 190 cm³/mol. The minimum absolute atomic E-state index is 0.116. The maximum Gasteiger partial charge on any atom is 0.311 e. The van der Waals surface area contributed by atoms with E-state index in [0.717, 1.165) is 4.90 Å². The zero-order chi connectivity index (χ0) is 39.7. The summed E-state index contributed by atoms with van der Waals surface area (Å²) < 4.78 is 43.9. The maximum atomic E-state index is 14.2. The molecule has 0 aromatic heterocycles. The van der Waals surface area contributed by atoms with Crippen LogP contribution in [0.2, 0.25) is 0 Å². The van der Waals surface area contributed by atoms with Crippen molar-refractivity contribution in [3.63, 3.8) is 0 Å². The lowest BCUT2D eigenvalue weighted by atomic mass is 9.74. The van der Waals surface area contributed by atoms with Crippen LogP contribution < -0.4 is 4.90 Å². The van der Waals surface area contributed by atoms with Crippen LogP contribution in [0.5, 0.6) is 0 Å². The first-order valence-electron chi connectivity index (χ1n) is 19.0. The molecule has 3 saturated heterocycles. The number of hydrogen-bond donors (Lipinski definition) is 5. The van der Waals surface area contributed by atoms with E-state index >= 15 is 0 Å². The van der Waals surface area contributed by atoms with Crippen LogP contribution in [-0.4, -0.2) is 145 Å². The molecule has 304 valence electrons. The van der Waals surface area contributed by atoms with Gasteiger partial charge in [-0.15, -0.1) is 0 Å². The predicted octanol–water partition coefficient (Wildman–Crippen LogP) is 1.02. The van der Waals surface area contributed by atoms with Crippen LogP contribution >= 0.6 is 0 Å². The number of Topliss-reactive ketones (excluding diaryl/α,β-unsaturated/α-hetero) is 1. The number of nitrogens with one attached hydrogen (secondary N) is 1. The van der Waals surface area contributed by atoms with Crippen LogP contribution in [0, 0.1) is 23.7 Å². The van der Waals surface area contributed by atoms with Gasteiger partial charge in [0.1, 0.15) is 29.6 Å². The fourth-order valence-corrected chi connectivity index (χ4v) is 8.67. The maximum absolute atomic E-state index is 14.2. The summed E-state index contributed by atoms with van der Waals surface area (Å²) in [5.74, 6) is -4.44. The number of aliphatic hydroxyl groups excluding tert-OH is 3. The molecule has 0 radical (unpaired) electrons. The van der Waals surface area contributed by atoms with Gasteiger partial charge in [0.05, 0.1) is 61.7 Å². The number of carbonyl (C=O) groups is 2. The molecule has 0 aromatic carbocycles. The molecule has 5 N–H and O–H groups in total. The number of carbonyl (C=O) groups excluding carboxylic acids is 2. The van der Waals surface area contributed by atoms with Crippen LogP contribution in [0.4, 0.5) is 0 Å². The largest absolute Gasteiger partial charge is 0.459 e. The smallest absolute Gasteiger partial charge is 0.311 e. The zero-order valence-corrected chi connectivity index (χ0v) is 34.0. The van der Waals surface area contributed by atoms with Crippen molar-refractivity contribution in [2.75, 3.05) is 28.3 Å². The van der Waals surface area contributed by atoms with Gasteiger partial charge in [0.15, 0.2) is 18.7 Å². The number of ether oxygens (including phenoxy) is 7. The SMILES string of the molecule is CC[C@H]1OC(=O)[C@H](C)[C@@H](O[C@H]2C[C@@](C)(OC)[C@@H](O)[C@H](C)O2)[C@H](C)[C@@H](O[C@@H]2O[C@H](C)C[C@H]([NH+](C)C)[C@H]2O)[C@](C)(OC)C[C@H](C)C(=O)[C@H](C)[C@@H](O)[C@]1(C)O. The Morgan fingerprint density at radius 1 is 0.846 bits per heavy atom. The first kappa shape index (κ1) is 45.1. The van der Waals surface area contributed by atoms with E-state index < -0.39 is 102 Å². The van der Waals surface area contributed by atoms with Crippen LogP contribution in [-0.2, 0) is 42.7 Å². The zero-order valence-electron chi connectivity index (χ0n) is 34.0. The van der Waals surface area contributed by atoms with Gasteiger partial charge in [0.25, 0.3) is 0 Å². The molecule has 14 nitrogen and oxygen atoms in total. The summed E-state index contributed by atoms with van der Waals surface area (Å²) >= 11 is 0. The first-order valence-corrected chi connectivity index (χ1v) is 19.0. The van der Waals surface area contributed by atoms with Gasteiger partial charge in [-0.05, 0) is 54.4 Å². The average Bonchev–Trinajstić information content (AvgIpc) is 3.09. The Labute approximate surface area is 310 Å². The molecule has 0 aromatic rings. The third-order valence-electron chi connectivity index (χ3n) is 12.4. The molecule has 3 heterocycles. The second-order valence-corrected chi connectivity index (χ2v) is 16.8. The molecule has 14 heteroatoms. The van der Waals surface area contributed by atoms with E-state index in [2.05, 4.69) is 0 Å². The molecule has 52 heavy (non-hydrogen) atoms. The second-order valence-electron chi connectivity index (χ2n) is 16.8. The molecular formula is C38H70NO13+. The Balaban J connectivity index is 2.22. The molecule has 0 amide bonds. The molecule has 3 rings (SSSR count). The number of cyclic esters (lactones) is 1. The number of esters is 1. The van der Waals surface area contributed by atoms with E-state index in [9.17, 15) is 30.0 Å². The van der Waals surface area contributed by atoms with Gasteiger partial charge in [0.2, 0.25) is 0 Å². The molecule has 0 saturated carbocycles. The van der Waals surface area contributed by atoms with Gasteiger partial charge in [0, 0.05) is 44.8 Å². The van der Waals surface area contributed by atoms with Gasteiger partial charge in [-0.2, -0.15) is 0 Å². The van der Waals surface area contributed by atoms with Crippen molar-refractivity contribution >= 4 is 11.8 Å². The number of aliphatic hydroxyl groups is 4. The third-order valence-corrected chi connectivity index (χ3v) is 12.4. The fourth-order valence-electron chi connectivity index (χ4n) is 8.67. The number of quaternary nitrogens is 1. The summed E-state index contributed by atoms with van der Waals surface area (Å²) in [7, 11) is 6.94. The number of methoxy groups -OCH3 is 2. The standard InChI is InChI=1S/C38H69NO13/c1-15-26-38(10,45)31(42)21(4)28(40)19(2)17-37(9,47-14)33(52-35-29(41)25(39(11)12)16-20(3)48-35)22(5)30(23(6)34(44)50-26)51-27-18-36(8,46-13)32(43)24(7)49-27/h19-27,29-33,35,41-43,45H,15-18H2,1-14H3/p+1/t19-,20+,21-,22-,23+,24-,25-,26+,27-,29+,30-,31+,32-,33+,35-,36+,37+,38+/m0/s1. The number of hydrogen-bond acceptors (Lipinski definition) is 13. The van der Waals surface area contributed by atoms with Crippen LogP contribution in [0.15, 0.2) is 0 Å². The van der Waals surface area contributed by atoms with Crippen LogP contribution in [0.1, 0.15) is 94.9 Å². The normalized spacial score (nSPS) is 49.0. The molecule has 3 aliphatic rings. The van der Waals surface area contributed by atoms with Gasteiger partial charge >= 0.3 is 5.97 Å². The highest BCUT2D eigenvalue weighted by atomic mass is 16.7. The Hall–Kier alpha value is -1.30. The molecule has 18 atom stereocenters. The van der Waals surface area contributed by atoms with Gasteiger partial charge < -0.3 is 58.5 Å². The lowest BCUT2D eigenvalue weighted by molar-refractivity contribution is -0.893. The van der Waals surface area contributed by atoms with E-state index in [1.165, 1.54) is 21.1 Å². The van der Waals surface area contributed by atoms with Crippen molar-refractivity contribution in [2.24, 2.45) is 23.7 Å². The molecule has 0 aliphatic carbocycles. The number of ketones is 1. The molecular weight excluding hydrogens is 678 g/mol. The average molecular weight is 749 g/mol. The van der Waals surface area contributed by atoms with Gasteiger partial charge in [-0.1, -0.05) is 27.7 Å². The van der Waals surface area contributed by atoms with E-state index in [1.54, 1.807) is 48.5 Å². The number of likely N-dealkylation sites (N-methyl/N-ethyl adjacent to an activating group) is 1. The highest BCUT2D eigenvalue weighted by molar-refractivity contribution is 5.83. The highest BCUT2D eigenvalue weighted by Crippen LogP contribution is 2.41.